The minimum atomic E-state index is -0.261. The molecule has 0 saturated heterocycles. The van der Waals surface area contributed by atoms with Crippen LogP contribution in [0.25, 0.3) is 11.0 Å². The van der Waals surface area contributed by atoms with E-state index < -0.39 is 0 Å². The monoisotopic (exact) mass is 353 g/mol. The summed E-state index contributed by atoms with van der Waals surface area (Å²) in [6, 6.07) is 9.03. The molecule has 3 aromatic rings. The number of aromatic amines is 1. The van der Waals surface area contributed by atoms with Gasteiger partial charge in [0.25, 0.3) is 5.91 Å². The maximum Gasteiger partial charge on any atom is 0.260 e. The fourth-order valence-electron chi connectivity index (χ4n) is 2.67. The van der Waals surface area contributed by atoms with E-state index in [0.29, 0.717) is 29.4 Å². The van der Waals surface area contributed by atoms with E-state index in [0.717, 1.165) is 25.2 Å². The van der Waals surface area contributed by atoms with Crippen molar-refractivity contribution >= 4 is 22.8 Å². The van der Waals surface area contributed by atoms with Crippen LogP contribution in [0.4, 0.5) is 5.82 Å². The Labute approximate surface area is 152 Å². The van der Waals surface area contributed by atoms with Crippen LogP contribution < -0.4 is 10.1 Å². The predicted octanol–water partition coefficient (Wildman–Crippen LogP) is 2.93. The van der Waals surface area contributed by atoms with E-state index in [-0.39, 0.29) is 5.91 Å². The fourth-order valence-corrected chi connectivity index (χ4v) is 2.67. The number of carbonyl (C=O) groups excluding carboxylic acids is 1. The second kappa shape index (κ2) is 8.44. The molecule has 0 aliphatic heterocycles. The Morgan fingerprint density at radius 1 is 1.23 bits per heavy atom. The number of amides is 1. The van der Waals surface area contributed by atoms with Crippen LogP contribution in [-0.2, 0) is 0 Å². The molecule has 0 unspecified atom stereocenters. The van der Waals surface area contributed by atoms with E-state index in [9.17, 15) is 4.79 Å². The fraction of sp³-hybridized carbons (Fsp3) is 0.316. The number of H-pyrrole nitrogens is 1. The zero-order valence-corrected chi connectivity index (χ0v) is 15.0. The van der Waals surface area contributed by atoms with E-state index >= 15 is 0 Å². The van der Waals surface area contributed by atoms with Crippen molar-refractivity contribution in [3.63, 3.8) is 0 Å². The Morgan fingerprint density at radius 2 is 2.08 bits per heavy atom. The van der Waals surface area contributed by atoms with E-state index in [4.69, 9.17) is 4.74 Å². The number of carbonyl (C=O) groups is 1. The Bertz CT molecular complexity index is 859. The number of anilines is 1. The third-order valence-electron chi connectivity index (χ3n) is 4.20. The first-order chi connectivity index (χ1) is 12.7. The first-order valence-electron chi connectivity index (χ1n) is 8.77. The lowest BCUT2D eigenvalue weighted by Gasteiger charge is -2.17. The van der Waals surface area contributed by atoms with Crippen molar-refractivity contribution in [3.8, 4) is 5.88 Å². The van der Waals surface area contributed by atoms with E-state index in [1.165, 1.54) is 0 Å². The summed E-state index contributed by atoms with van der Waals surface area (Å²) in [5.41, 5.74) is 1.82. The van der Waals surface area contributed by atoms with Gasteiger partial charge in [0.15, 0.2) is 0 Å². The lowest BCUT2D eigenvalue weighted by atomic mass is 10.2. The molecule has 0 atom stereocenters. The number of pyridine rings is 2. The maximum absolute atomic E-state index is 12.5. The molecule has 0 bridgehead atoms. The van der Waals surface area contributed by atoms with Gasteiger partial charge in [-0.15, -0.1) is 0 Å². The summed E-state index contributed by atoms with van der Waals surface area (Å²) in [7, 11) is 0. The number of hydrogen-bond acceptors (Lipinski definition) is 5. The van der Waals surface area contributed by atoms with Gasteiger partial charge in [0, 0.05) is 25.0 Å². The summed E-state index contributed by atoms with van der Waals surface area (Å²) < 4.78 is 5.76. The predicted molar refractivity (Wildman–Crippen MR) is 102 cm³/mol. The van der Waals surface area contributed by atoms with Gasteiger partial charge in [-0.3, -0.25) is 4.79 Å². The zero-order valence-electron chi connectivity index (χ0n) is 15.0. The van der Waals surface area contributed by atoms with Crippen LogP contribution in [0.2, 0.25) is 0 Å². The number of rotatable bonds is 8. The van der Waals surface area contributed by atoms with Crippen LogP contribution in [-0.4, -0.2) is 52.0 Å². The largest absolute Gasteiger partial charge is 0.476 e. The molecule has 3 aromatic heterocycles. The second-order valence-electron chi connectivity index (χ2n) is 5.79. The van der Waals surface area contributed by atoms with Gasteiger partial charge in [0.05, 0.1) is 11.1 Å². The minimum Gasteiger partial charge on any atom is -0.476 e. The number of likely N-dealkylation sites (N-methyl/N-ethyl adjacent to an activating group) is 1. The lowest BCUT2D eigenvalue weighted by molar-refractivity contribution is 0.102. The molecule has 0 aromatic carbocycles. The van der Waals surface area contributed by atoms with Crippen LogP contribution in [0.3, 0.4) is 0 Å². The van der Waals surface area contributed by atoms with Gasteiger partial charge in [-0.2, -0.15) is 0 Å². The maximum atomic E-state index is 12.5. The van der Waals surface area contributed by atoms with Crippen molar-refractivity contribution in [1.29, 1.82) is 0 Å². The van der Waals surface area contributed by atoms with Crippen LogP contribution in [0.15, 0.2) is 42.7 Å². The Morgan fingerprint density at radius 3 is 2.81 bits per heavy atom. The molecule has 7 heteroatoms. The number of ether oxygens (including phenoxy) is 1. The molecule has 0 saturated carbocycles. The standard InChI is InChI=1S/C19H23N5O2/c1-3-24(4-2)11-12-26-17-9-8-15-18(23-17)14(13-21-15)19(25)22-16-7-5-6-10-20-16/h5-10,13,21H,3-4,11-12H2,1-2H3,(H,20,22,25). The topological polar surface area (TPSA) is 83.1 Å². The van der Waals surface area contributed by atoms with E-state index in [1.807, 2.05) is 18.2 Å². The van der Waals surface area contributed by atoms with Crippen LogP contribution in [0, 0.1) is 0 Å². The van der Waals surface area contributed by atoms with Crippen molar-refractivity contribution in [3.05, 3.63) is 48.3 Å². The van der Waals surface area contributed by atoms with Crippen molar-refractivity contribution in [2.75, 3.05) is 31.6 Å². The van der Waals surface area contributed by atoms with Gasteiger partial charge in [-0.05, 0) is 31.3 Å². The van der Waals surface area contributed by atoms with Gasteiger partial charge in [0.1, 0.15) is 17.9 Å². The molecule has 0 radical (unpaired) electrons. The second-order valence-corrected chi connectivity index (χ2v) is 5.79. The first kappa shape index (κ1) is 17.9. The molecule has 26 heavy (non-hydrogen) atoms. The summed E-state index contributed by atoms with van der Waals surface area (Å²) in [4.78, 5) is 26.5. The molecule has 0 aliphatic carbocycles. The molecule has 0 spiro atoms. The SMILES string of the molecule is CCN(CC)CCOc1ccc2[nH]cc(C(=O)Nc3ccccn3)c2n1. The molecule has 2 N–H and O–H groups in total. The highest BCUT2D eigenvalue weighted by Gasteiger charge is 2.15. The van der Waals surface area contributed by atoms with E-state index in [2.05, 4.69) is 39.0 Å². The molecule has 0 fully saturated rings. The van der Waals surface area contributed by atoms with Gasteiger partial charge in [0.2, 0.25) is 5.88 Å². The van der Waals surface area contributed by atoms with Crippen molar-refractivity contribution < 1.29 is 9.53 Å². The quantitative estimate of drug-likeness (QED) is 0.650. The van der Waals surface area contributed by atoms with Crippen LogP contribution in [0.1, 0.15) is 24.2 Å². The highest BCUT2D eigenvalue weighted by atomic mass is 16.5. The molecule has 7 nitrogen and oxygen atoms in total. The number of hydrogen-bond donors (Lipinski definition) is 2. The molecule has 0 aliphatic rings. The average Bonchev–Trinajstić information content (AvgIpc) is 3.09. The minimum absolute atomic E-state index is 0.261. The Kier molecular flexibility index (Phi) is 5.80. The molecule has 3 heterocycles. The van der Waals surface area contributed by atoms with Gasteiger partial charge >= 0.3 is 0 Å². The summed E-state index contributed by atoms with van der Waals surface area (Å²) in [6.45, 7) is 7.62. The Hall–Kier alpha value is -2.93. The molecular formula is C19H23N5O2. The molecular weight excluding hydrogens is 330 g/mol. The van der Waals surface area contributed by atoms with Crippen molar-refractivity contribution in [2.45, 2.75) is 13.8 Å². The molecule has 136 valence electrons. The summed E-state index contributed by atoms with van der Waals surface area (Å²) in [5.74, 6) is 0.748. The first-order valence-corrected chi connectivity index (χ1v) is 8.77. The number of nitrogens with zero attached hydrogens (tertiary/aromatic N) is 3. The highest BCUT2D eigenvalue weighted by molar-refractivity contribution is 6.11. The van der Waals surface area contributed by atoms with Crippen LogP contribution in [0.5, 0.6) is 5.88 Å². The molecule has 3 rings (SSSR count). The van der Waals surface area contributed by atoms with Crippen molar-refractivity contribution in [2.24, 2.45) is 0 Å². The van der Waals surface area contributed by atoms with Crippen molar-refractivity contribution in [1.82, 2.24) is 19.9 Å². The normalized spacial score (nSPS) is 11.0. The van der Waals surface area contributed by atoms with Gasteiger partial charge in [-0.25, -0.2) is 9.97 Å². The Balaban J connectivity index is 1.72. The summed E-state index contributed by atoms with van der Waals surface area (Å²) >= 11 is 0. The number of aromatic nitrogens is 3. The third kappa shape index (κ3) is 4.18. The summed E-state index contributed by atoms with van der Waals surface area (Å²) in [6.07, 6.45) is 3.28. The smallest absolute Gasteiger partial charge is 0.260 e. The third-order valence-corrected chi connectivity index (χ3v) is 4.20. The van der Waals surface area contributed by atoms with E-state index in [1.54, 1.807) is 24.5 Å². The molecule has 1 amide bonds. The highest BCUT2D eigenvalue weighted by Crippen LogP contribution is 2.20. The summed E-state index contributed by atoms with van der Waals surface area (Å²) in [5, 5.41) is 2.77. The van der Waals surface area contributed by atoms with Gasteiger partial charge < -0.3 is 19.9 Å². The average molecular weight is 353 g/mol. The van der Waals surface area contributed by atoms with Gasteiger partial charge in [-0.1, -0.05) is 19.9 Å². The zero-order chi connectivity index (χ0) is 18.4. The lowest BCUT2D eigenvalue weighted by Crippen LogP contribution is -2.28. The number of fused-ring (bicyclic) bond motifs is 1. The number of nitrogens with one attached hydrogen (secondary N) is 2. The van der Waals surface area contributed by atoms with Crippen LogP contribution >= 0.6 is 0 Å².